The van der Waals surface area contributed by atoms with Gasteiger partial charge in [0.25, 0.3) is 0 Å². The quantitative estimate of drug-likeness (QED) is 0.617. The Labute approximate surface area is 117 Å². The van der Waals surface area contributed by atoms with E-state index in [0.29, 0.717) is 6.54 Å². The van der Waals surface area contributed by atoms with Crippen LogP contribution in [0.1, 0.15) is 13.8 Å². The Hall–Kier alpha value is -1.83. The van der Waals surface area contributed by atoms with Crippen LogP contribution in [-0.2, 0) is 14.3 Å². The van der Waals surface area contributed by atoms with Gasteiger partial charge in [0, 0.05) is 13.6 Å². The molecule has 0 saturated carbocycles. The fraction of sp³-hybridized carbons (Fsp3) is 0.750. The van der Waals surface area contributed by atoms with Gasteiger partial charge in [0.05, 0.1) is 19.3 Å². The molecule has 1 fully saturated rings. The molecular weight excluding hydrogens is 266 g/mol. The standard InChI is InChI=1S/C12H21N3O5/c1-4-15(5-9(16)13-3)11(19)14-8-6-20-7-12(8,2)10(17)18/h8H,4-7H2,1-3H3,(H,13,16)(H,14,19)(H,17,18). The number of aliphatic carboxylic acids is 1. The maximum absolute atomic E-state index is 12.1. The molecule has 0 aromatic heterocycles. The lowest BCUT2D eigenvalue weighted by Crippen LogP contribution is -2.54. The van der Waals surface area contributed by atoms with E-state index in [9.17, 15) is 19.5 Å². The molecule has 0 aliphatic carbocycles. The summed E-state index contributed by atoms with van der Waals surface area (Å²) in [6, 6.07) is -1.09. The zero-order valence-corrected chi connectivity index (χ0v) is 11.9. The van der Waals surface area contributed by atoms with E-state index >= 15 is 0 Å². The molecule has 1 aliphatic heterocycles. The summed E-state index contributed by atoms with van der Waals surface area (Å²) in [7, 11) is 1.49. The highest BCUT2D eigenvalue weighted by molar-refractivity contribution is 5.84. The van der Waals surface area contributed by atoms with Crippen LogP contribution in [-0.4, -0.2) is 67.3 Å². The first kappa shape index (κ1) is 16.2. The molecule has 0 bridgehead atoms. The van der Waals surface area contributed by atoms with Crippen molar-refractivity contribution < 1.29 is 24.2 Å². The second kappa shape index (κ2) is 6.56. The molecule has 2 atom stereocenters. The van der Waals surface area contributed by atoms with Gasteiger partial charge in [-0.1, -0.05) is 0 Å². The first-order valence-electron chi connectivity index (χ1n) is 6.42. The van der Waals surface area contributed by atoms with Crippen LogP contribution in [0.15, 0.2) is 0 Å². The summed E-state index contributed by atoms with van der Waals surface area (Å²) in [6.45, 7) is 3.74. The molecule has 1 saturated heterocycles. The molecule has 0 spiro atoms. The summed E-state index contributed by atoms with van der Waals surface area (Å²) in [5.41, 5.74) is -1.15. The van der Waals surface area contributed by atoms with Crippen LogP contribution in [0.5, 0.6) is 0 Å². The van der Waals surface area contributed by atoms with Gasteiger partial charge in [-0.15, -0.1) is 0 Å². The number of nitrogens with one attached hydrogen (secondary N) is 2. The molecule has 0 radical (unpaired) electrons. The predicted octanol–water partition coefficient (Wildman–Crippen LogP) is -0.746. The summed E-state index contributed by atoms with van der Waals surface area (Å²) in [5, 5.41) is 14.3. The molecule has 1 rings (SSSR count). The van der Waals surface area contributed by atoms with Crippen LogP contribution in [0.2, 0.25) is 0 Å². The summed E-state index contributed by atoms with van der Waals surface area (Å²) < 4.78 is 5.16. The van der Waals surface area contributed by atoms with E-state index < -0.39 is 23.5 Å². The fourth-order valence-electron chi connectivity index (χ4n) is 1.91. The second-order valence-electron chi connectivity index (χ2n) is 4.93. The highest BCUT2D eigenvalue weighted by Gasteiger charge is 2.47. The minimum absolute atomic E-state index is 0.0504. The molecule has 3 amide bonds. The number of rotatable bonds is 5. The number of ether oxygens (including phenoxy) is 1. The SMILES string of the molecule is CCN(CC(=O)NC)C(=O)NC1COCC1(C)C(=O)O. The third-order valence-electron chi connectivity index (χ3n) is 3.52. The number of hydrogen-bond acceptors (Lipinski definition) is 4. The Bertz CT molecular complexity index is 401. The molecule has 0 aromatic rings. The molecule has 20 heavy (non-hydrogen) atoms. The Morgan fingerprint density at radius 1 is 1.45 bits per heavy atom. The van der Waals surface area contributed by atoms with Crippen molar-refractivity contribution in [3.63, 3.8) is 0 Å². The van der Waals surface area contributed by atoms with Gasteiger partial charge in [-0.2, -0.15) is 0 Å². The van der Waals surface area contributed by atoms with E-state index in [4.69, 9.17) is 4.74 Å². The third kappa shape index (κ3) is 3.38. The fourth-order valence-corrected chi connectivity index (χ4v) is 1.91. The molecule has 2 unspecified atom stereocenters. The molecule has 8 nitrogen and oxygen atoms in total. The van der Waals surface area contributed by atoms with Crippen molar-refractivity contribution in [2.45, 2.75) is 19.9 Å². The van der Waals surface area contributed by atoms with Crippen LogP contribution >= 0.6 is 0 Å². The number of amides is 3. The third-order valence-corrected chi connectivity index (χ3v) is 3.52. The van der Waals surface area contributed by atoms with E-state index in [1.54, 1.807) is 6.92 Å². The molecule has 114 valence electrons. The van der Waals surface area contributed by atoms with Gasteiger partial charge in [0.1, 0.15) is 12.0 Å². The van der Waals surface area contributed by atoms with Crippen LogP contribution in [0, 0.1) is 5.41 Å². The lowest BCUT2D eigenvalue weighted by Gasteiger charge is -2.28. The number of hydrogen-bond donors (Lipinski definition) is 3. The normalized spacial score (nSPS) is 25.1. The van der Waals surface area contributed by atoms with Crippen molar-refractivity contribution in [2.75, 3.05) is 33.4 Å². The van der Waals surface area contributed by atoms with Crippen molar-refractivity contribution in [1.82, 2.24) is 15.5 Å². The van der Waals surface area contributed by atoms with Crippen molar-refractivity contribution in [2.24, 2.45) is 5.41 Å². The Kier molecular flexibility index (Phi) is 5.32. The molecule has 8 heteroatoms. The number of nitrogens with zero attached hydrogens (tertiary/aromatic N) is 1. The Balaban J connectivity index is 2.68. The average molecular weight is 287 g/mol. The first-order valence-corrected chi connectivity index (χ1v) is 6.42. The van der Waals surface area contributed by atoms with Crippen LogP contribution in [0.25, 0.3) is 0 Å². The van der Waals surface area contributed by atoms with E-state index in [1.807, 2.05) is 0 Å². The Morgan fingerprint density at radius 3 is 2.60 bits per heavy atom. The van der Waals surface area contributed by atoms with Gasteiger partial charge in [0.15, 0.2) is 0 Å². The van der Waals surface area contributed by atoms with Gasteiger partial charge in [-0.05, 0) is 13.8 Å². The number of carboxylic acids is 1. The summed E-state index contributed by atoms with van der Waals surface area (Å²) >= 11 is 0. The summed E-state index contributed by atoms with van der Waals surface area (Å²) in [4.78, 5) is 36.0. The van der Waals surface area contributed by atoms with Crippen LogP contribution in [0.3, 0.4) is 0 Å². The number of carbonyl (C=O) groups is 3. The van der Waals surface area contributed by atoms with Gasteiger partial charge >= 0.3 is 12.0 Å². The number of likely N-dealkylation sites (N-methyl/N-ethyl adjacent to an activating group) is 2. The van der Waals surface area contributed by atoms with Gasteiger partial charge in [-0.25, -0.2) is 4.79 Å². The molecule has 1 aliphatic rings. The van der Waals surface area contributed by atoms with E-state index in [1.165, 1.54) is 18.9 Å². The van der Waals surface area contributed by atoms with Gasteiger partial charge < -0.3 is 25.4 Å². The van der Waals surface area contributed by atoms with E-state index in [-0.39, 0.29) is 25.7 Å². The van der Waals surface area contributed by atoms with Crippen LogP contribution in [0.4, 0.5) is 4.79 Å². The first-order chi connectivity index (χ1) is 9.35. The van der Waals surface area contributed by atoms with Crippen LogP contribution < -0.4 is 10.6 Å². The Morgan fingerprint density at radius 2 is 2.10 bits per heavy atom. The number of carbonyl (C=O) groups excluding carboxylic acids is 2. The van der Waals surface area contributed by atoms with Gasteiger partial charge in [-0.3, -0.25) is 9.59 Å². The maximum Gasteiger partial charge on any atom is 0.318 e. The lowest BCUT2D eigenvalue weighted by atomic mass is 9.85. The minimum atomic E-state index is -1.15. The smallest absolute Gasteiger partial charge is 0.318 e. The maximum atomic E-state index is 12.1. The van der Waals surface area contributed by atoms with E-state index in [2.05, 4.69) is 10.6 Å². The highest BCUT2D eigenvalue weighted by atomic mass is 16.5. The predicted molar refractivity (Wildman–Crippen MR) is 70.2 cm³/mol. The summed E-state index contributed by atoms with van der Waals surface area (Å²) in [6.07, 6.45) is 0. The van der Waals surface area contributed by atoms with Gasteiger partial charge in [0.2, 0.25) is 5.91 Å². The van der Waals surface area contributed by atoms with Crippen molar-refractivity contribution >= 4 is 17.9 Å². The number of urea groups is 1. The summed E-state index contributed by atoms with van der Waals surface area (Å²) in [5.74, 6) is -1.31. The highest BCUT2D eigenvalue weighted by Crippen LogP contribution is 2.28. The average Bonchev–Trinajstić information content (AvgIpc) is 2.78. The van der Waals surface area contributed by atoms with Crippen molar-refractivity contribution in [3.05, 3.63) is 0 Å². The monoisotopic (exact) mass is 287 g/mol. The largest absolute Gasteiger partial charge is 0.481 e. The number of carboxylic acid groups (broad SMARTS) is 1. The van der Waals surface area contributed by atoms with E-state index in [0.717, 1.165) is 0 Å². The van der Waals surface area contributed by atoms with Crippen molar-refractivity contribution in [3.8, 4) is 0 Å². The minimum Gasteiger partial charge on any atom is -0.481 e. The topological polar surface area (TPSA) is 108 Å². The second-order valence-corrected chi connectivity index (χ2v) is 4.93. The van der Waals surface area contributed by atoms with Crippen molar-refractivity contribution in [1.29, 1.82) is 0 Å². The zero-order valence-electron chi connectivity index (χ0n) is 11.9. The lowest BCUT2D eigenvalue weighted by molar-refractivity contribution is -0.148. The molecule has 3 N–H and O–H groups in total. The molecule has 0 aromatic carbocycles. The zero-order chi connectivity index (χ0) is 15.3. The molecule has 1 heterocycles. The molecular formula is C12H21N3O5.